The van der Waals surface area contributed by atoms with Gasteiger partial charge in [-0.15, -0.1) is 0 Å². The number of hydrogen-bond donors (Lipinski definition) is 2. The average Bonchev–Trinajstić information content (AvgIpc) is 2.39. The molecule has 0 aromatic heterocycles. The minimum absolute atomic E-state index is 0.102. The monoisotopic (exact) mass is 257 g/mol. The molecule has 1 aliphatic rings. The lowest BCUT2D eigenvalue weighted by atomic mass is 9.88. The smallest absolute Gasteiger partial charge is 0.0594 e. The van der Waals surface area contributed by atoms with Crippen molar-refractivity contribution in [2.24, 2.45) is 5.84 Å². The normalized spacial score (nSPS) is 20.0. The minimum atomic E-state index is 0.102. The summed E-state index contributed by atoms with van der Waals surface area (Å²) < 4.78 is 5.43. The summed E-state index contributed by atoms with van der Waals surface area (Å²) in [5.74, 6) is 5.77. The molecule has 0 amide bonds. The Kier molecular flexibility index (Phi) is 7.15. The van der Waals surface area contributed by atoms with Crippen LogP contribution in [0.15, 0.2) is 0 Å². The summed E-state index contributed by atoms with van der Waals surface area (Å²) in [6, 6.07) is 0.354. The number of ether oxygens (including phenoxy) is 1. The van der Waals surface area contributed by atoms with E-state index < -0.39 is 0 Å². The molecule has 1 aliphatic heterocycles. The van der Waals surface area contributed by atoms with Crippen LogP contribution >= 0.6 is 0 Å². The van der Waals surface area contributed by atoms with Gasteiger partial charge in [0.15, 0.2) is 0 Å². The Morgan fingerprint density at radius 3 is 2.44 bits per heavy atom. The van der Waals surface area contributed by atoms with Crippen LogP contribution in [-0.4, -0.2) is 42.8 Å². The van der Waals surface area contributed by atoms with Crippen molar-refractivity contribution in [3.63, 3.8) is 0 Å². The predicted molar refractivity (Wildman–Crippen MR) is 76.3 cm³/mol. The largest absolute Gasteiger partial charge is 0.379 e. The number of morpholine rings is 1. The van der Waals surface area contributed by atoms with Crippen molar-refractivity contribution >= 4 is 0 Å². The van der Waals surface area contributed by atoms with E-state index in [9.17, 15) is 0 Å². The fourth-order valence-electron chi connectivity index (χ4n) is 2.78. The first-order valence-electron chi connectivity index (χ1n) is 7.41. The molecule has 4 heteroatoms. The van der Waals surface area contributed by atoms with Gasteiger partial charge in [-0.25, -0.2) is 0 Å². The predicted octanol–water partition coefficient (Wildman–Crippen LogP) is 1.90. The highest BCUT2D eigenvalue weighted by Crippen LogP contribution is 2.23. The first kappa shape index (κ1) is 15.9. The summed E-state index contributed by atoms with van der Waals surface area (Å²) in [4.78, 5) is 2.50. The molecule has 0 aromatic carbocycles. The van der Waals surface area contributed by atoms with Gasteiger partial charge < -0.3 is 4.74 Å². The Morgan fingerprint density at radius 1 is 1.22 bits per heavy atom. The molecule has 0 bridgehead atoms. The van der Waals surface area contributed by atoms with Gasteiger partial charge in [-0.05, 0) is 20.3 Å². The van der Waals surface area contributed by atoms with Gasteiger partial charge in [-0.3, -0.25) is 16.2 Å². The van der Waals surface area contributed by atoms with Crippen molar-refractivity contribution < 1.29 is 4.74 Å². The molecule has 108 valence electrons. The summed E-state index contributed by atoms with van der Waals surface area (Å²) >= 11 is 0. The molecule has 1 heterocycles. The molecule has 1 saturated heterocycles. The van der Waals surface area contributed by atoms with Gasteiger partial charge in [0.25, 0.3) is 0 Å². The summed E-state index contributed by atoms with van der Waals surface area (Å²) in [5, 5.41) is 0. The van der Waals surface area contributed by atoms with Gasteiger partial charge in [0.2, 0.25) is 0 Å². The number of nitrogens with zero attached hydrogens (tertiary/aromatic N) is 1. The van der Waals surface area contributed by atoms with Gasteiger partial charge in [0.05, 0.1) is 13.2 Å². The minimum Gasteiger partial charge on any atom is -0.379 e. The third-order valence-corrected chi connectivity index (χ3v) is 4.23. The van der Waals surface area contributed by atoms with E-state index in [4.69, 9.17) is 10.6 Å². The van der Waals surface area contributed by atoms with Gasteiger partial charge in [0.1, 0.15) is 0 Å². The zero-order valence-electron chi connectivity index (χ0n) is 12.4. The molecule has 3 N–H and O–H groups in total. The molecule has 1 fully saturated rings. The third-order valence-electron chi connectivity index (χ3n) is 4.23. The summed E-state index contributed by atoms with van der Waals surface area (Å²) in [7, 11) is 0. The van der Waals surface area contributed by atoms with Crippen molar-refractivity contribution in [3.8, 4) is 0 Å². The Hall–Kier alpha value is -0.160. The third kappa shape index (κ3) is 4.50. The first-order chi connectivity index (χ1) is 8.62. The lowest BCUT2D eigenvalue weighted by Gasteiger charge is -2.45. The van der Waals surface area contributed by atoms with Crippen LogP contribution in [0.5, 0.6) is 0 Å². The van der Waals surface area contributed by atoms with E-state index in [2.05, 4.69) is 31.1 Å². The van der Waals surface area contributed by atoms with Crippen LogP contribution in [0.1, 0.15) is 52.9 Å². The molecule has 1 unspecified atom stereocenters. The molecule has 0 saturated carbocycles. The maximum atomic E-state index is 5.77. The fourth-order valence-corrected chi connectivity index (χ4v) is 2.78. The van der Waals surface area contributed by atoms with E-state index in [0.29, 0.717) is 6.04 Å². The van der Waals surface area contributed by atoms with E-state index in [-0.39, 0.29) is 5.54 Å². The number of nitrogens with one attached hydrogen (secondary N) is 1. The maximum Gasteiger partial charge on any atom is 0.0594 e. The second kappa shape index (κ2) is 8.10. The number of hydrogen-bond acceptors (Lipinski definition) is 4. The van der Waals surface area contributed by atoms with Crippen molar-refractivity contribution in [3.05, 3.63) is 0 Å². The molecule has 0 aliphatic carbocycles. The van der Waals surface area contributed by atoms with Crippen molar-refractivity contribution in [1.29, 1.82) is 0 Å². The van der Waals surface area contributed by atoms with E-state index in [1.54, 1.807) is 0 Å². The van der Waals surface area contributed by atoms with Gasteiger partial charge >= 0.3 is 0 Å². The van der Waals surface area contributed by atoms with Crippen LogP contribution in [0, 0.1) is 0 Å². The average molecular weight is 257 g/mol. The lowest BCUT2D eigenvalue weighted by molar-refractivity contribution is -0.0246. The van der Waals surface area contributed by atoms with Crippen LogP contribution in [0.2, 0.25) is 0 Å². The van der Waals surface area contributed by atoms with E-state index in [0.717, 1.165) is 32.7 Å². The SMILES string of the molecule is CCCCCCC(NN)C(C)(C)N1CCOCC1. The van der Waals surface area contributed by atoms with Gasteiger partial charge in [-0.1, -0.05) is 32.6 Å². The number of unbranched alkanes of at least 4 members (excludes halogenated alkanes) is 3. The first-order valence-corrected chi connectivity index (χ1v) is 7.41. The van der Waals surface area contributed by atoms with Crippen LogP contribution in [0.3, 0.4) is 0 Å². The van der Waals surface area contributed by atoms with Crippen LogP contribution < -0.4 is 11.3 Å². The summed E-state index contributed by atoms with van der Waals surface area (Å²) in [6.07, 6.45) is 6.34. The molecule has 1 rings (SSSR count). The fraction of sp³-hybridized carbons (Fsp3) is 1.00. The second-order valence-electron chi connectivity index (χ2n) is 5.82. The molecular weight excluding hydrogens is 226 g/mol. The van der Waals surface area contributed by atoms with Crippen LogP contribution in [0.4, 0.5) is 0 Å². The summed E-state index contributed by atoms with van der Waals surface area (Å²) in [6.45, 7) is 10.6. The Bertz CT molecular complexity index is 215. The highest BCUT2D eigenvalue weighted by Gasteiger charge is 2.35. The molecule has 0 aromatic rings. The molecule has 0 spiro atoms. The number of hydrazine groups is 1. The zero-order chi connectivity index (χ0) is 13.4. The van der Waals surface area contributed by atoms with Crippen molar-refractivity contribution in [2.75, 3.05) is 26.3 Å². The molecular formula is C14H31N3O. The molecule has 0 radical (unpaired) electrons. The summed E-state index contributed by atoms with van der Waals surface area (Å²) in [5.41, 5.74) is 3.14. The van der Waals surface area contributed by atoms with E-state index >= 15 is 0 Å². The lowest BCUT2D eigenvalue weighted by Crippen LogP contribution is -2.61. The Labute approximate surface area is 112 Å². The van der Waals surface area contributed by atoms with E-state index in [1.165, 1.54) is 25.7 Å². The molecule has 1 atom stereocenters. The number of rotatable bonds is 8. The van der Waals surface area contributed by atoms with Crippen molar-refractivity contribution in [1.82, 2.24) is 10.3 Å². The molecule has 4 nitrogen and oxygen atoms in total. The van der Waals surface area contributed by atoms with Crippen LogP contribution in [0.25, 0.3) is 0 Å². The topological polar surface area (TPSA) is 50.5 Å². The maximum absolute atomic E-state index is 5.77. The quantitative estimate of drug-likeness (QED) is 0.396. The Morgan fingerprint density at radius 2 is 1.89 bits per heavy atom. The molecule has 18 heavy (non-hydrogen) atoms. The van der Waals surface area contributed by atoms with Gasteiger partial charge in [-0.2, -0.15) is 0 Å². The highest BCUT2D eigenvalue weighted by atomic mass is 16.5. The zero-order valence-corrected chi connectivity index (χ0v) is 12.4. The van der Waals surface area contributed by atoms with Crippen LogP contribution in [-0.2, 0) is 4.74 Å². The highest BCUT2D eigenvalue weighted by molar-refractivity contribution is 4.93. The second-order valence-corrected chi connectivity index (χ2v) is 5.82. The standard InChI is InChI=1S/C14H31N3O/c1-4-5-6-7-8-13(16-15)14(2,3)17-9-11-18-12-10-17/h13,16H,4-12,15H2,1-3H3. The van der Waals surface area contributed by atoms with Crippen molar-refractivity contribution in [2.45, 2.75) is 64.5 Å². The van der Waals surface area contributed by atoms with Gasteiger partial charge in [0, 0.05) is 24.7 Å². The van der Waals surface area contributed by atoms with E-state index in [1.807, 2.05) is 0 Å². The Balaban J connectivity index is 2.44. The number of nitrogens with two attached hydrogens (primary N) is 1.